The highest BCUT2D eigenvalue weighted by molar-refractivity contribution is 5.60. The van der Waals surface area contributed by atoms with E-state index in [9.17, 15) is 9.59 Å². The third-order valence-corrected chi connectivity index (χ3v) is 5.86. The van der Waals surface area contributed by atoms with E-state index < -0.39 is 0 Å². The summed E-state index contributed by atoms with van der Waals surface area (Å²) in [5, 5.41) is 0. The molecule has 0 aromatic rings. The molecule has 4 nitrogen and oxygen atoms in total. The zero-order valence-corrected chi connectivity index (χ0v) is 14.9. The van der Waals surface area contributed by atoms with Crippen LogP contribution >= 0.6 is 0 Å². The van der Waals surface area contributed by atoms with Gasteiger partial charge < -0.3 is 9.59 Å². The summed E-state index contributed by atoms with van der Waals surface area (Å²) in [6, 6.07) is 0. The van der Waals surface area contributed by atoms with E-state index in [4.69, 9.17) is 0 Å². The second-order valence-corrected chi connectivity index (χ2v) is 6.93. The number of piperazine rings is 1. The number of hydrogen-bond donors (Lipinski definition) is 0. The van der Waals surface area contributed by atoms with E-state index in [0.717, 1.165) is 77.5 Å². The molecule has 128 valence electrons. The Bertz CT molecular complexity index is 307. The van der Waals surface area contributed by atoms with Crippen molar-refractivity contribution in [2.45, 2.75) is 53.4 Å². The Morgan fingerprint density at radius 1 is 0.682 bits per heavy atom. The van der Waals surface area contributed by atoms with Crippen LogP contribution in [0.15, 0.2) is 0 Å². The van der Waals surface area contributed by atoms with Crippen molar-refractivity contribution < 1.29 is 9.59 Å². The molecule has 0 amide bonds. The number of carbonyl (C=O) groups is 2. The minimum Gasteiger partial charge on any atom is -0.303 e. The van der Waals surface area contributed by atoms with E-state index in [1.165, 1.54) is 0 Å². The Kier molecular flexibility index (Phi) is 7.70. The van der Waals surface area contributed by atoms with Gasteiger partial charge in [0.05, 0.1) is 0 Å². The fourth-order valence-electron chi connectivity index (χ4n) is 3.35. The van der Waals surface area contributed by atoms with Crippen molar-refractivity contribution >= 4 is 12.6 Å². The predicted molar refractivity (Wildman–Crippen MR) is 91.0 cm³/mol. The molecule has 0 spiro atoms. The van der Waals surface area contributed by atoms with E-state index >= 15 is 0 Å². The number of hydrogen-bond acceptors (Lipinski definition) is 4. The molecule has 1 heterocycles. The first kappa shape index (κ1) is 19.3. The molecule has 4 heteroatoms. The van der Waals surface area contributed by atoms with Gasteiger partial charge in [0, 0.05) is 50.1 Å². The van der Waals surface area contributed by atoms with Crippen LogP contribution in [-0.4, -0.2) is 61.6 Å². The zero-order chi connectivity index (χ0) is 16.6. The number of rotatable bonds is 10. The molecule has 1 saturated heterocycles. The summed E-state index contributed by atoms with van der Waals surface area (Å²) in [4.78, 5) is 27.7. The van der Waals surface area contributed by atoms with Crippen molar-refractivity contribution in [3.63, 3.8) is 0 Å². The van der Waals surface area contributed by atoms with Crippen LogP contribution < -0.4 is 0 Å². The third-order valence-electron chi connectivity index (χ3n) is 5.86. The minimum atomic E-state index is -0.179. The van der Waals surface area contributed by atoms with Gasteiger partial charge in [-0.3, -0.25) is 9.80 Å². The Hall–Kier alpha value is -0.740. The summed E-state index contributed by atoms with van der Waals surface area (Å²) >= 11 is 0. The van der Waals surface area contributed by atoms with Crippen LogP contribution in [0.5, 0.6) is 0 Å². The summed E-state index contributed by atoms with van der Waals surface area (Å²) in [6.45, 7) is 14.2. The molecule has 22 heavy (non-hydrogen) atoms. The van der Waals surface area contributed by atoms with Gasteiger partial charge in [0.1, 0.15) is 12.6 Å². The third kappa shape index (κ3) is 4.63. The average molecular weight is 310 g/mol. The van der Waals surface area contributed by atoms with Gasteiger partial charge in [0.15, 0.2) is 0 Å². The fraction of sp³-hybridized carbons (Fsp3) is 0.889. The van der Waals surface area contributed by atoms with Crippen LogP contribution in [-0.2, 0) is 9.59 Å². The Balaban J connectivity index is 2.53. The molecule has 0 unspecified atom stereocenters. The molecule has 0 aromatic heterocycles. The van der Waals surface area contributed by atoms with Gasteiger partial charge in [0.2, 0.25) is 0 Å². The molecular formula is C18H34N2O2. The first-order valence-corrected chi connectivity index (χ1v) is 8.90. The second kappa shape index (κ2) is 8.78. The fourth-order valence-corrected chi connectivity index (χ4v) is 3.35. The Morgan fingerprint density at radius 3 is 1.14 bits per heavy atom. The molecule has 0 radical (unpaired) electrons. The highest BCUT2D eigenvalue weighted by Crippen LogP contribution is 2.27. The quantitative estimate of drug-likeness (QED) is 0.582. The molecule has 1 aliphatic rings. The lowest BCUT2D eigenvalue weighted by atomic mass is 9.82. The SMILES string of the molecule is CCC(C=O)(CC)CN1CCN(CC(C=O)(CC)CC)CC1. The lowest BCUT2D eigenvalue weighted by molar-refractivity contribution is -0.119. The maximum atomic E-state index is 11.5. The van der Waals surface area contributed by atoms with E-state index in [2.05, 4.69) is 37.5 Å². The molecule has 0 atom stereocenters. The van der Waals surface area contributed by atoms with Crippen LogP contribution in [0.25, 0.3) is 0 Å². The maximum absolute atomic E-state index is 11.5. The molecule has 1 rings (SSSR count). The van der Waals surface area contributed by atoms with Crippen LogP contribution in [0.2, 0.25) is 0 Å². The number of aldehydes is 2. The summed E-state index contributed by atoms with van der Waals surface area (Å²) in [5.74, 6) is 0. The van der Waals surface area contributed by atoms with Gasteiger partial charge in [-0.15, -0.1) is 0 Å². The van der Waals surface area contributed by atoms with Gasteiger partial charge >= 0.3 is 0 Å². The highest BCUT2D eigenvalue weighted by Gasteiger charge is 2.32. The topological polar surface area (TPSA) is 40.6 Å². The van der Waals surface area contributed by atoms with E-state index in [0.29, 0.717) is 0 Å². The van der Waals surface area contributed by atoms with E-state index in [-0.39, 0.29) is 10.8 Å². The molecule has 0 aliphatic carbocycles. The van der Waals surface area contributed by atoms with Crippen LogP contribution in [0.3, 0.4) is 0 Å². The van der Waals surface area contributed by atoms with Crippen molar-refractivity contribution in [2.24, 2.45) is 10.8 Å². The second-order valence-electron chi connectivity index (χ2n) is 6.93. The number of carbonyl (C=O) groups excluding carboxylic acids is 2. The molecule has 0 saturated carbocycles. The summed E-state index contributed by atoms with van der Waals surface area (Å²) in [5.41, 5.74) is -0.358. The van der Waals surface area contributed by atoms with Crippen molar-refractivity contribution in [1.82, 2.24) is 9.80 Å². The van der Waals surface area contributed by atoms with Crippen molar-refractivity contribution in [1.29, 1.82) is 0 Å². The molecule has 0 bridgehead atoms. The lowest BCUT2D eigenvalue weighted by Crippen LogP contribution is -2.52. The predicted octanol–water partition coefficient (Wildman–Crippen LogP) is 2.61. The van der Waals surface area contributed by atoms with Gasteiger partial charge in [-0.2, -0.15) is 0 Å². The largest absolute Gasteiger partial charge is 0.303 e. The van der Waals surface area contributed by atoms with Gasteiger partial charge in [-0.25, -0.2) is 0 Å². The van der Waals surface area contributed by atoms with E-state index in [1.807, 2.05) is 0 Å². The summed E-state index contributed by atoms with van der Waals surface area (Å²) in [6.07, 6.45) is 5.95. The standard InChI is InChI=1S/C18H34N2O2/c1-5-17(6-2,15-21)13-19-9-11-20(12-10-19)14-18(7-3,8-4)16-22/h15-16H,5-14H2,1-4H3. The lowest BCUT2D eigenvalue weighted by Gasteiger charge is -2.41. The van der Waals surface area contributed by atoms with E-state index in [1.54, 1.807) is 0 Å². The van der Waals surface area contributed by atoms with Crippen molar-refractivity contribution in [3.05, 3.63) is 0 Å². The van der Waals surface area contributed by atoms with Gasteiger partial charge in [-0.1, -0.05) is 27.7 Å². The monoisotopic (exact) mass is 310 g/mol. The molecular weight excluding hydrogens is 276 g/mol. The molecule has 0 N–H and O–H groups in total. The van der Waals surface area contributed by atoms with Crippen molar-refractivity contribution in [3.8, 4) is 0 Å². The smallest absolute Gasteiger partial charge is 0.127 e. The summed E-state index contributed by atoms with van der Waals surface area (Å²) < 4.78 is 0. The first-order chi connectivity index (χ1) is 10.5. The molecule has 1 aliphatic heterocycles. The highest BCUT2D eigenvalue weighted by atomic mass is 16.1. The Labute approximate surface area is 136 Å². The first-order valence-electron chi connectivity index (χ1n) is 8.90. The molecule has 1 fully saturated rings. The van der Waals surface area contributed by atoms with Crippen LogP contribution in [0.4, 0.5) is 0 Å². The maximum Gasteiger partial charge on any atom is 0.127 e. The molecule has 0 aromatic carbocycles. The average Bonchev–Trinajstić information content (AvgIpc) is 2.59. The zero-order valence-electron chi connectivity index (χ0n) is 14.9. The minimum absolute atomic E-state index is 0.179. The normalized spacial score (nSPS) is 18.4. The van der Waals surface area contributed by atoms with Gasteiger partial charge in [-0.05, 0) is 25.7 Å². The number of nitrogens with zero attached hydrogens (tertiary/aromatic N) is 2. The van der Waals surface area contributed by atoms with Crippen LogP contribution in [0.1, 0.15) is 53.4 Å². The van der Waals surface area contributed by atoms with Crippen LogP contribution in [0, 0.1) is 10.8 Å². The van der Waals surface area contributed by atoms with Crippen molar-refractivity contribution in [2.75, 3.05) is 39.3 Å². The summed E-state index contributed by atoms with van der Waals surface area (Å²) in [7, 11) is 0. The Morgan fingerprint density at radius 2 is 0.955 bits per heavy atom. The van der Waals surface area contributed by atoms with Gasteiger partial charge in [0.25, 0.3) is 0 Å².